The molecule has 6 aromatic carbocycles. The van der Waals surface area contributed by atoms with Crippen molar-refractivity contribution in [3.8, 4) is 61.5 Å². The van der Waals surface area contributed by atoms with E-state index >= 15 is 0 Å². The number of rotatable bonds is 16. The van der Waals surface area contributed by atoms with E-state index in [0.29, 0.717) is 0 Å². The first-order chi connectivity index (χ1) is 35.1. The fourth-order valence-corrected chi connectivity index (χ4v) is 16.2. The quantitative estimate of drug-likeness (QED) is 0.0854. The highest BCUT2D eigenvalue weighted by molar-refractivity contribution is 7.25. The zero-order chi connectivity index (χ0) is 47.5. The Morgan fingerprint density at radius 2 is 0.690 bits per heavy atom. The normalized spacial score (nSPS) is 13.0. The predicted molar refractivity (Wildman–Crippen MR) is 312 cm³/mol. The van der Waals surface area contributed by atoms with Crippen molar-refractivity contribution >= 4 is 89.0 Å². The smallest absolute Gasteiger partial charge is 0.101 e. The summed E-state index contributed by atoms with van der Waals surface area (Å²) in [5.74, 6) is 0. The van der Waals surface area contributed by atoms with Crippen LogP contribution in [0.25, 0.3) is 105 Å². The van der Waals surface area contributed by atoms with Crippen LogP contribution in [0.2, 0.25) is 0 Å². The van der Waals surface area contributed by atoms with Crippen LogP contribution >= 0.6 is 45.3 Å². The van der Waals surface area contributed by atoms with E-state index in [4.69, 9.17) is 0 Å². The molecule has 0 N–H and O–H groups in total. The zero-order valence-corrected chi connectivity index (χ0v) is 43.7. The SMILES string of the molecule is CCCCCCC1(CCCCCC)c2cc(-c3ccc(-c4ccc(-n5c6ccccc6c6ccccc65)s4)s3)ccc2-c2ccc(-c3ccc(-c4ccc(-n5c6ccccc6c6ccccc65)s4)s3)cc21. The molecule has 13 rings (SSSR count). The molecule has 0 unspecified atom stereocenters. The second-order valence-corrected chi connectivity index (χ2v) is 23.9. The maximum atomic E-state index is 2.62. The lowest BCUT2D eigenvalue weighted by atomic mass is 9.70. The first-order valence-electron chi connectivity index (χ1n) is 25.8. The third-order valence-electron chi connectivity index (χ3n) is 15.3. The Morgan fingerprint density at radius 1 is 0.338 bits per heavy atom. The summed E-state index contributed by atoms with van der Waals surface area (Å²) in [4.78, 5) is 7.99. The Kier molecular flexibility index (Phi) is 11.8. The molecule has 0 fully saturated rings. The lowest BCUT2D eigenvalue weighted by Crippen LogP contribution is -2.25. The van der Waals surface area contributed by atoms with Crippen molar-refractivity contribution in [2.24, 2.45) is 0 Å². The molecule has 6 heterocycles. The molecule has 6 heteroatoms. The van der Waals surface area contributed by atoms with Gasteiger partial charge >= 0.3 is 0 Å². The van der Waals surface area contributed by atoms with Crippen LogP contribution in [-0.4, -0.2) is 9.13 Å². The van der Waals surface area contributed by atoms with Gasteiger partial charge in [0.05, 0.1) is 22.1 Å². The molecule has 0 saturated carbocycles. The van der Waals surface area contributed by atoms with E-state index in [0.717, 1.165) is 0 Å². The van der Waals surface area contributed by atoms with Crippen molar-refractivity contribution in [3.63, 3.8) is 0 Å². The topological polar surface area (TPSA) is 9.86 Å². The van der Waals surface area contributed by atoms with E-state index in [9.17, 15) is 0 Å². The van der Waals surface area contributed by atoms with Gasteiger partial charge in [-0.15, -0.1) is 45.3 Å². The van der Waals surface area contributed by atoms with Gasteiger partial charge in [0, 0.05) is 56.2 Å². The van der Waals surface area contributed by atoms with Crippen molar-refractivity contribution in [3.05, 3.63) is 193 Å². The van der Waals surface area contributed by atoms with Gasteiger partial charge in [-0.1, -0.05) is 162 Å². The standard InChI is InChI=1S/C65H56N2S4/c1-3-5-7-17-39-65(40-18-8-6-4-2)51-41-43(57-31-33-59(68-57)61-35-37-63(70-61)66-53-23-13-9-19-47(53)48-20-10-14-24-54(48)66)27-29-45(51)46-30-28-44(42-52(46)65)58-32-34-60(69-58)62-36-38-64(71-62)67-55-25-15-11-21-49(55)50-22-12-16-26-56(50)67/h9-16,19-38,41-42H,3-8,17-18,39-40H2,1-2H3. The molecular weight excluding hydrogens is 937 g/mol. The monoisotopic (exact) mass is 992 g/mol. The fourth-order valence-electron chi connectivity index (χ4n) is 11.9. The van der Waals surface area contributed by atoms with E-state index in [1.807, 2.05) is 45.3 Å². The molecule has 0 aliphatic heterocycles. The maximum Gasteiger partial charge on any atom is 0.101 e. The number of aromatic nitrogens is 2. The number of unbranched alkanes of at least 4 members (excludes halogenated alkanes) is 6. The van der Waals surface area contributed by atoms with Crippen LogP contribution < -0.4 is 0 Å². The number of fused-ring (bicyclic) bond motifs is 9. The largest absolute Gasteiger partial charge is 0.301 e. The second kappa shape index (κ2) is 18.7. The number of nitrogens with zero attached hydrogens (tertiary/aromatic N) is 2. The van der Waals surface area contributed by atoms with Gasteiger partial charge in [-0.25, -0.2) is 0 Å². The first-order valence-corrected chi connectivity index (χ1v) is 29.0. The molecule has 1 aliphatic rings. The highest BCUT2D eigenvalue weighted by atomic mass is 32.1. The van der Waals surface area contributed by atoms with Crippen molar-refractivity contribution in [1.29, 1.82) is 0 Å². The van der Waals surface area contributed by atoms with Crippen molar-refractivity contribution in [2.45, 2.75) is 83.5 Å². The van der Waals surface area contributed by atoms with Gasteiger partial charge in [-0.2, -0.15) is 0 Å². The van der Waals surface area contributed by atoms with Gasteiger partial charge in [0.2, 0.25) is 0 Å². The Morgan fingerprint density at radius 3 is 1.08 bits per heavy atom. The molecule has 0 atom stereocenters. The Labute approximate surface area is 433 Å². The van der Waals surface area contributed by atoms with Gasteiger partial charge in [-0.3, -0.25) is 0 Å². The highest BCUT2D eigenvalue weighted by Crippen LogP contribution is 2.57. The zero-order valence-electron chi connectivity index (χ0n) is 40.4. The molecule has 2 nitrogen and oxygen atoms in total. The third kappa shape index (κ3) is 7.69. The number of benzene rings is 6. The minimum Gasteiger partial charge on any atom is -0.301 e. The summed E-state index contributed by atoms with van der Waals surface area (Å²) in [6.07, 6.45) is 12.6. The Hall–Kier alpha value is -6.28. The Balaban J connectivity index is 0.845. The lowest BCUT2D eigenvalue weighted by molar-refractivity contribution is 0.401. The van der Waals surface area contributed by atoms with Crippen LogP contribution in [0.15, 0.2) is 182 Å². The average Bonchev–Trinajstić information content (AvgIpc) is 4.30. The van der Waals surface area contributed by atoms with E-state index in [2.05, 4.69) is 205 Å². The number of hydrogen-bond acceptors (Lipinski definition) is 4. The minimum absolute atomic E-state index is 0.0196. The summed E-state index contributed by atoms with van der Waals surface area (Å²) < 4.78 is 4.89. The van der Waals surface area contributed by atoms with Crippen LogP contribution in [0.5, 0.6) is 0 Å². The molecule has 6 aromatic heterocycles. The summed E-state index contributed by atoms with van der Waals surface area (Å²) in [5.41, 5.74) is 13.7. The van der Waals surface area contributed by atoms with E-state index in [1.165, 1.54) is 169 Å². The van der Waals surface area contributed by atoms with Crippen molar-refractivity contribution in [2.75, 3.05) is 0 Å². The molecule has 0 saturated heterocycles. The van der Waals surface area contributed by atoms with Gasteiger partial charge in [0.25, 0.3) is 0 Å². The molecule has 1 aliphatic carbocycles. The molecule has 350 valence electrons. The van der Waals surface area contributed by atoms with E-state index < -0.39 is 0 Å². The van der Waals surface area contributed by atoms with Gasteiger partial charge in [0.1, 0.15) is 10.0 Å². The fraction of sp³-hybridized carbons (Fsp3) is 0.200. The van der Waals surface area contributed by atoms with Gasteiger partial charge < -0.3 is 9.13 Å². The van der Waals surface area contributed by atoms with Gasteiger partial charge in [0.15, 0.2) is 0 Å². The maximum absolute atomic E-state index is 2.62. The summed E-state index contributed by atoms with van der Waals surface area (Å²) in [7, 11) is 0. The minimum atomic E-state index is -0.0196. The molecule has 0 spiro atoms. The molecule has 0 radical (unpaired) electrons. The number of para-hydroxylation sites is 4. The molecule has 71 heavy (non-hydrogen) atoms. The second-order valence-electron chi connectivity index (χ2n) is 19.6. The van der Waals surface area contributed by atoms with E-state index in [1.54, 1.807) is 11.1 Å². The summed E-state index contributed by atoms with van der Waals surface area (Å²) in [6, 6.07) is 69.0. The highest BCUT2D eigenvalue weighted by Gasteiger charge is 2.43. The lowest BCUT2D eigenvalue weighted by Gasteiger charge is -2.33. The summed E-state index contributed by atoms with van der Waals surface area (Å²) in [6.45, 7) is 4.68. The van der Waals surface area contributed by atoms with Crippen molar-refractivity contribution < 1.29 is 0 Å². The predicted octanol–water partition coefficient (Wildman–Crippen LogP) is 21.0. The Bertz CT molecular complexity index is 3540. The van der Waals surface area contributed by atoms with Crippen LogP contribution in [0.4, 0.5) is 0 Å². The summed E-state index contributed by atoms with van der Waals surface area (Å²) >= 11 is 7.66. The van der Waals surface area contributed by atoms with Crippen LogP contribution in [-0.2, 0) is 5.41 Å². The van der Waals surface area contributed by atoms with Crippen molar-refractivity contribution in [1.82, 2.24) is 9.13 Å². The molecule has 12 aromatic rings. The average molecular weight is 993 g/mol. The van der Waals surface area contributed by atoms with E-state index in [-0.39, 0.29) is 5.41 Å². The van der Waals surface area contributed by atoms with Crippen LogP contribution in [0.1, 0.15) is 89.2 Å². The summed E-state index contributed by atoms with van der Waals surface area (Å²) in [5, 5.41) is 7.73. The number of hydrogen-bond donors (Lipinski definition) is 0. The number of thiophene rings is 4. The van der Waals surface area contributed by atoms with Gasteiger partial charge in [-0.05, 0) is 131 Å². The molecular formula is C65H56N2S4. The van der Waals surface area contributed by atoms with Crippen LogP contribution in [0, 0.1) is 0 Å². The molecule has 0 amide bonds. The first kappa shape index (κ1) is 44.6. The molecule has 0 bridgehead atoms. The third-order valence-corrected chi connectivity index (χ3v) is 20.1. The van der Waals surface area contributed by atoms with Crippen LogP contribution in [0.3, 0.4) is 0 Å².